The van der Waals surface area contributed by atoms with Gasteiger partial charge in [0.25, 0.3) is 5.91 Å². The van der Waals surface area contributed by atoms with Crippen LogP contribution in [-0.2, 0) is 11.3 Å². The number of carbonyl (C=O) groups is 1. The van der Waals surface area contributed by atoms with Gasteiger partial charge in [-0.2, -0.15) is 0 Å². The Morgan fingerprint density at radius 3 is 2.28 bits per heavy atom. The third-order valence-corrected chi connectivity index (χ3v) is 7.04. The second kappa shape index (κ2) is 15.0. The molecule has 0 atom stereocenters. The zero-order chi connectivity index (χ0) is 30.8. The lowest BCUT2D eigenvalue weighted by molar-refractivity contribution is -0.123. The van der Waals surface area contributed by atoms with Crippen molar-refractivity contribution in [2.75, 3.05) is 54.7 Å². The van der Waals surface area contributed by atoms with Gasteiger partial charge in [0, 0.05) is 42.9 Å². The van der Waals surface area contributed by atoms with E-state index in [4.69, 9.17) is 28.1 Å². The first-order valence-corrected chi connectivity index (χ1v) is 14.0. The van der Waals surface area contributed by atoms with E-state index in [1.807, 2.05) is 18.2 Å². The molecule has 0 fully saturated rings. The second-order valence-electron chi connectivity index (χ2n) is 9.69. The van der Waals surface area contributed by atoms with Crippen molar-refractivity contribution in [2.24, 2.45) is 0 Å². The number of hydrogen-bond donors (Lipinski definition) is 1. The number of nitrogens with one attached hydrogen (secondary N) is 1. The van der Waals surface area contributed by atoms with E-state index in [9.17, 15) is 9.59 Å². The molecule has 228 valence electrons. The van der Waals surface area contributed by atoms with E-state index in [0.717, 1.165) is 37.4 Å². The van der Waals surface area contributed by atoms with Gasteiger partial charge >= 0.3 is 0 Å². The van der Waals surface area contributed by atoms with Crippen LogP contribution in [0.25, 0.3) is 22.3 Å². The maximum Gasteiger partial charge on any atom is 0.257 e. The summed E-state index contributed by atoms with van der Waals surface area (Å²) >= 11 is 0. The van der Waals surface area contributed by atoms with E-state index in [0.29, 0.717) is 40.7 Å². The van der Waals surface area contributed by atoms with E-state index in [1.54, 1.807) is 37.4 Å². The molecular weight excluding hydrogens is 552 g/mol. The number of rotatable bonds is 15. The molecule has 0 unspecified atom stereocenters. The quantitative estimate of drug-likeness (QED) is 0.193. The van der Waals surface area contributed by atoms with Crippen LogP contribution in [0.1, 0.15) is 18.9 Å². The van der Waals surface area contributed by atoms with E-state index in [2.05, 4.69) is 23.2 Å². The summed E-state index contributed by atoms with van der Waals surface area (Å²) in [6.45, 7) is 5.08. The van der Waals surface area contributed by atoms with Gasteiger partial charge in [-0.05, 0) is 43.3 Å². The van der Waals surface area contributed by atoms with Crippen LogP contribution in [0.15, 0.2) is 69.9 Å². The summed E-state index contributed by atoms with van der Waals surface area (Å²) in [6, 6.07) is 18.0. The fraction of sp³-hybridized carbons (Fsp3) is 0.333. The average Bonchev–Trinajstić information content (AvgIpc) is 3.04. The summed E-state index contributed by atoms with van der Waals surface area (Å²) in [5.74, 6) is 2.50. The summed E-state index contributed by atoms with van der Waals surface area (Å²) in [7, 11) is 6.10. The van der Waals surface area contributed by atoms with Crippen LogP contribution >= 0.6 is 0 Å². The Hall–Kier alpha value is -4.70. The SMILES string of the molecule is CCN(CCCNC(=O)COc1ccc(-c2cc(=O)c3c(OC)c(OC)c(OC)cc3o2)cc1)Cc1ccccc1OC. The molecule has 10 heteroatoms. The fourth-order valence-corrected chi connectivity index (χ4v) is 4.80. The van der Waals surface area contributed by atoms with Crippen molar-refractivity contribution >= 4 is 16.9 Å². The van der Waals surface area contributed by atoms with Gasteiger partial charge < -0.3 is 33.4 Å². The van der Waals surface area contributed by atoms with Gasteiger partial charge in [0.2, 0.25) is 5.75 Å². The van der Waals surface area contributed by atoms with Crippen molar-refractivity contribution < 1.29 is 32.9 Å². The lowest BCUT2D eigenvalue weighted by Crippen LogP contribution is -2.32. The molecule has 10 nitrogen and oxygen atoms in total. The number of methoxy groups -OCH3 is 4. The zero-order valence-corrected chi connectivity index (χ0v) is 25.2. The lowest BCUT2D eigenvalue weighted by Gasteiger charge is -2.21. The van der Waals surface area contributed by atoms with Gasteiger partial charge in [0.05, 0.1) is 28.4 Å². The first-order valence-electron chi connectivity index (χ1n) is 14.0. The lowest BCUT2D eigenvalue weighted by atomic mass is 10.1. The van der Waals surface area contributed by atoms with Crippen LogP contribution in [0.2, 0.25) is 0 Å². The van der Waals surface area contributed by atoms with Gasteiger partial charge in [0.1, 0.15) is 28.2 Å². The predicted octanol–water partition coefficient (Wildman–Crippen LogP) is 4.90. The van der Waals surface area contributed by atoms with E-state index in [1.165, 1.54) is 27.4 Å². The minimum atomic E-state index is -0.284. The van der Waals surface area contributed by atoms with Crippen LogP contribution in [0, 0.1) is 0 Å². The number of amides is 1. The summed E-state index contributed by atoms with van der Waals surface area (Å²) in [6.07, 6.45) is 0.810. The maximum absolute atomic E-state index is 13.0. The molecule has 4 aromatic rings. The number of hydrogen-bond acceptors (Lipinski definition) is 9. The molecule has 1 N–H and O–H groups in total. The maximum atomic E-state index is 13.0. The standard InChI is InChI=1S/C33H38N2O8/c1-6-35(20-23-10-7-8-11-26(23)38-2)17-9-16-34-30(37)21-42-24-14-12-22(13-15-24)27-18-25(36)31-28(43-27)19-29(39-3)32(40-4)33(31)41-5/h7-8,10-15,18-19H,6,9,16-17,20-21H2,1-5H3,(H,34,37). The summed E-state index contributed by atoms with van der Waals surface area (Å²) in [5, 5.41) is 3.17. The Bertz CT molecular complexity index is 1580. The molecule has 0 spiro atoms. The van der Waals surface area contributed by atoms with E-state index in [-0.39, 0.29) is 29.1 Å². The molecule has 0 saturated carbocycles. The van der Waals surface area contributed by atoms with E-state index >= 15 is 0 Å². The molecule has 0 aliphatic rings. The molecule has 4 rings (SSSR count). The number of ether oxygens (including phenoxy) is 5. The summed E-state index contributed by atoms with van der Waals surface area (Å²) < 4.78 is 33.4. The monoisotopic (exact) mass is 590 g/mol. The van der Waals surface area contributed by atoms with Crippen molar-refractivity contribution in [3.05, 3.63) is 76.5 Å². The van der Waals surface area contributed by atoms with Gasteiger partial charge in [0.15, 0.2) is 23.5 Å². The predicted molar refractivity (Wildman–Crippen MR) is 165 cm³/mol. The van der Waals surface area contributed by atoms with Crippen LogP contribution in [0.5, 0.6) is 28.7 Å². The number of benzene rings is 3. The van der Waals surface area contributed by atoms with Crippen LogP contribution in [-0.4, -0.2) is 65.5 Å². The van der Waals surface area contributed by atoms with Gasteiger partial charge in [-0.15, -0.1) is 0 Å². The first-order chi connectivity index (χ1) is 20.9. The summed E-state index contributed by atoms with van der Waals surface area (Å²) in [4.78, 5) is 27.7. The zero-order valence-electron chi connectivity index (χ0n) is 25.2. The Morgan fingerprint density at radius 2 is 1.60 bits per heavy atom. The van der Waals surface area contributed by atoms with Crippen molar-refractivity contribution in [1.82, 2.24) is 10.2 Å². The van der Waals surface area contributed by atoms with Gasteiger partial charge in [-0.1, -0.05) is 25.1 Å². The smallest absolute Gasteiger partial charge is 0.257 e. The number of nitrogens with zero attached hydrogens (tertiary/aromatic N) is 1. The van der Waals surface area contributed by atoms with Gasteiger partial charge in [-0.3, -0.25) is 14.5 Å². The highest BCUT2D eigenvalue weighted by molar-refractivity contribution is 5.90. The van der Waals surface area contributed by atoms with Crippen LogP contribution in [0.3, 0.4) is 0 Å². The highest BCUT2D eigenvalue weighted by Crippen LogP contribution is 2.42. The fourth-order valence-electron chi connectivity index (χ4n) is 4.80. The molecule has 1 aromatic heterocycles. The molecule has 0 aliphatic heterocycles. The molecule has 0 bridgehead atoms. The minimum absolute atomic E-state index is 0.107. The highest BCUT2D eigenvalue weighted by Gasteiger charge is 2.21. The molecule has 0 saturated heterocycles. The van der Waals surface area contributed by atoms with Crippen LogP contribution < -0.4 is 34.4 Å². The third kappa shape index (κ3) is 7.58. The van der Waals surface area contributed by atoms with Crippen molar-refractivity contribution in [2.45, 2.75) is 19.9 Å². The first kappa shape index (κ1) is 31.2. The van der Waals surface area contributed by atoms with Gasteiger partial charge in [-0.25, -0.2) is 0 Å². The Morgan fingerprint density at radius 1 is 0.884 bits per heavy atom. The average molecular weight is 591 g/mol. The second-order valence-corrected chi connectivity index (χ2v) is 9.69. The topological polar surface area (TPSA) is 109 Å². The van der Waals surface area contributed by atoms with Crippen LogP contribution in [0.4, 0.5) is 0 Å². The van der Waals surface area contributed by atoms with E-state index < -0.39 is 0 Å². The third-order valence-electron chi connectivity index (χ3n) is 7.04. The number of fused-ring (bicyclic) bond motifs is 1. The highest BCUT2D eigenvalue weighted by atomic mass is 16.5. The number of carbonyl (C=O) groups excluding carboxylic acids is 1. The Kier molecular flexibility index (Phi) is 10.9. The molecular formula is C33H38N2O8. The van der Waals surface area contributed by atoms with Crippen molar-refractivity contribution in [3.63, 3.8) is 0 Å². The van der Waals surface area contributed by atoms with Crippen molar-refractivity contribution in [3.8, 4) is 40.1 Å². The molecule has 0 radical (unpaired) electrons. The van der Waals surface area contributed by atoms with Crippen molar-refractivity contribution in [1.29, 1.82) is 0 Å². The minimum Gasteiger partial charge on any atom is -0.496 e. The normalized spacial score (nSPS) is 10.9. The Labute approximate surface area is 251 Å². The molecule has 1 heterocycles. The summed E-state index contributed by atoms with van der Waals surface area (Å²) in [5.41, 5.74) is 1.82. The molecule has 1 amide bonds. The Balaban J connectivity index is 1.30. The number of para-hydroxylation sites is 1. The largest absolute Gasteiger partial charge is 0.496 e. The molecule has 43 heavy (non-hydrogen) atoms. The molecule has 3 aromatic carbocycles. The molecule has 0 aliphatic carbocycles.